The molecule has 2 N–H and O–H groups in total. The van der Waals surface area contributed by atoms with E-state index >= 15 is 0 Å². The second kappa shape index (κ2) is 8.95. The number of rotatable bonds is 5. The normalized spacial score (nSPS) is 12.4. The van der Waals surface area contributed by atoms with Crippen molar-refractivity contribution in [3.63, 3.8) is 0 Å². The molecule has 0 aromatic heterocycles. The van der Waals surface area contributed by atoms with Crippen molar-refractivity contribution in [1.82, 2.24) is 10.6 Å². The number of benzene rings is 2. The van der Waals surface area contributed by atoms with Gasteiger partial charge in [-0.2, -0.15) is 5.26 Å². The molecule has 1 atom stereocenters. The summed E-state index contributed by atoms with van der Waals surface area (Å²) in [5.74, 6) is -0.173. The lowest BCUT2D eigenvalue weighted by Crippen LogP contribution is -2.38. The topological polar surface area (TPSA) is 60.2 Å². The smallest absolute Gasteiger partial charge is 0.192 e. The fourth-order valence-electron chi connectivity index (χ4n) is 2.42. The molecule has 1 unspecified atom stereocenters. The Bertz CT molecular complexity index is 840. The van der Waals surface area contributed by atoms with Gasteiger partial charge in [0, 0.05) is 12.1 Å². The Morgan fingerprint density at radius 3 is 2.62 bits per heavy atom. The van der Waals surface area contributed by atoms with Gasteiger partial charge in [0.05, 0.1) is 24.2 Å². The van der Waals surface area contributed by atoms with Crippen molar-refractivity contribution in [3.8, 4) is 6.07 Å². The Labute approximate surface area is 152 Å². The molecule has 2 aromatic rings. The molecule has 2 aromatic carbocycles. The van der Waals surface area contributed by atoms with E-state index in [9.17, 15) is 8.78 Å². The molecule has 136 valence electrons. The van der Waals surface area contributed by atoms with E-state index in [0.717, 1.165) is 5.56 Å². The molecule has 4 nitrogen and oxygen atoms in total. The lowest BCUT2D eigenvalue weighted by Gasteiger charge is -2.18. The molecule has 0 aliphatic rings. The molecule has 0 bridgehead atoms. The average Bonchev–Trinajstić information content (AvgIpc) is 2.63. The second-order valence-corrected chi connectivity index (χ2v) is 5.99. The van der Waals surface area contributed by atoms with Crippen molar-refractivity contribution in [2.45, 2.75) is 33.4 Å². The number of hydrogen-bond donors (Lipinski definition) is 2. The number of halogens is 2. The zero-order valence-corrected chi connectivity index (χ0v) is 15.1. The van der Waals surface area contributed by atoms with E-state index in [2.05, 4.69) is 15.6 Å². The maximum Gasteiger partial charge on any atom is 0.192 e. The first kappa shape index (κ1) is 19.4. The first-order valence-corrected chi connectivity index (χ1v) is 8.44. The van der Waals surface area contributed by atoms with Crippen LogP contribution in [0.2, 0.25) is 0 Å². The third-order valence-electron chi connectivity index (χ3n) is 3.98. The van der Waals surface area contributed by atoms with Crippen LogP contribution in [0.3, 0.4) is 0 Å². The third-order valence-corrected chi connectivity index (χ3v) is 3.98. The van der Waals surface area contributed by atoms with Crippen LogP contribution in [-0.2, 0) is 6.54 Å². The van der Waals surface area contributed by atoms with Gasteiger partial charge in [0.25, 0.3) is 0 Å². The molecule has 0 amide bonds. The molecule has 6 heteroatoms. The lowest BCUT2D eigenvalue weighted by molar-refractivity contribution is 0.605. The fourth-order valence-corrected chi connectivity index (χ4v) is 2.42. The van der Waals surface area contributed by atoms with Crippen LogP contribution in [0.1, 0.15) is 42.1 Å². The van der Waals surface area contributed by atoms with E-state index in [-0.39, 0.29) is 18.4 Å². The van der Waals surface area contributed by atoms with E-state index in [4.69, 9.17) is 5.26 Å². The molecular weight excluding hydrogens is 334 g/mol. The van der Waals surface area contributed by atoms with E-state index in [1.807, 2.05) is 26.0 Å². The SMILES string of the molecule is CCNC(=NCc1cc(C#N)ccc1F)NC(C)c1ccc(C)c(F)c1. The Kier molecular flexibility index (Phi) is 6.67. The molecule has 0 radical (unpaired) electrons. The quantitative estimate of drug-likeness (QED) is 0.630. The van der Waals surface area contributed by atoms with Crippen molar-refractivity contribution in [3.05, 3.63) is 70.3 Å². The zero-order valence-electron chi connectivity index (χ0n) is 15.1. The average molecular weight is 356 g/mol. The summed E-state index contributed by atoms with van der Waals surface area (Å²) in [6.07, 6.45) is 0. The largest absolute Gasteiger partial charge is 0.357 e. The van der Waals surface area contributed by atoms with Gasteiger partial charge in [-0.05, 0) is 56.2 Å². The standard InChI is InChI=1S/C20H22F2N4/c1-4-24-20(25-12-17-9-15(11-23)6-8-18(17)21)26-14(3)16-7-5-13(2)19(22)10-16/h5-10,14H,4,12H2,1-3H3,(H2,24,25,26). The minimum absolute atomic E-state index is 0.0890. The Balaban J connectivity index is 2.16. The van der Waals surface area contributed by atoms with E-state index < -0.39 is 5.82 Å². The van der Waals surface area contributed by atoms with Gasteiger partial charge in [0.1, 0.15) is 11.6 Å². The Morgan fingerprint density at radius 1 is 1.19 bits per heavy atom. The highest BCUT2D eigenvalue weighted by Gasteiger charge is 2.10. The van der Waals surface area contributed by atoms with Crippen LogP contribution in [0.4, 0.5) is 8.78 Å². The van der Waals surface area contributed by atoms with Crippen molar-refractivity contribution >= 4 is 5.96 Å². The van der Waals surface area contributed by atoms with Gasteiger partial charge in [-0.3, -0.25) is 0 Å². The van der Waals surface area contributed by atoms with Crippen molar-refractivity contribution in [1.29, 1.82) is 5.26 Å². The summed E-state index contributed by atoms with van der Waals surface area (Å²) in [5.41, 5.74) is 2.11. The van der Waals surface area contributed by atoms with Gasteiger partial charge in [0.15, 0.2) is 5.96 Å². The number of hydrogen-bond acceptors (Lipinski definition) is 2. The van der Waals surface area contributed by atoms with E-state index in [1.54, 1.807) is 13.0 Å². The van der Waals surface area contributed by atoms with Crippen LogP contribution in [-0.4, -0.2) is 12.5 Å². The van der Waals surface area contributed by atoms with Crippen LogP contribution >= 0.6 is 0 Å². The molecule has 0 spiro atoms. The zero-order chi connectivity index (χ0) is 19.1. The molecule has 0 saturated carbocycles. The molecule has 26 heavy (non-hydrogen) atoms. The molecule has 0 aliphatic carbocycles. The minimum Gasteiger partial charge on any atom is -0.357 e. The maximum atomic E-state index is 13.9. The number of aliphatic imine (C=N–C) groups is 1. The monoisotopic (exact) mass is 356 g/mol. The summed E-state index contributed by atoms with van der Waals surface area (Å²) in [4.78, 5) is 4.38. The van der Waals surface area contributed by atoms with Crippen LogP contribution in [0.5, 0.6) is 0 Å². The molecule has 0 saturated heterocycles. The number of nitriles is 1. The number of nitrogens with zero attached hydrogens (tertiary/aromatic N) is 2. The number of guanidine groups is 1. The van der Waals surface area contributed by atoms with Gasteiger partial charge in [-0.25, -0.2) is 13.8 Å². The first-order valence-electron chi connectivity index (χ1n) is 8.44. The minimum atomic E-state index is -0.405. The number of nitrogens with one attached hydrogen (secondary N) is 2. The van der Waals surface area contributed by atoms with E-state index in [1.165, 1.54) is 24.3 Å². The van der Waals surface area contributed by atoms with Crippen LogP contribution in [0.25, 0.3) is 0 Å². The fraction of sp³-hybridized carbons (Fsp3) is 0.300. The molecule has 0 fully saturated rings. The van der Waals surface area contributed by atoms with E-state index in [0.29, 0.717) is 29.2 Å². The highest BCUT2D eigenvalue weighted by molar-refractivity contribution is 5.80. The lowest BCUT2D eigenvalue weighted by atomic mass is 10.1. The van der Waals surface area contributed by atoms with Crippen molar-refractivity contribution in [2.75, 3.05) is 6.54 Å². The van der Waals surface area contributed by atoms with Gasteiger partial charge in [-0.15, -0.1) is 0 Å². The molecule has 2 rings (SSSR count). The van der Waals surface area contributed by atoms with Crippen LogP contribution in [0.15, 0.2) is 41.4 Å². The van der Waals surface area contributed by atoms with Gasteiger partial charge in [0.2, 0.25) is 0 Å². The molecule has 0 aliphatic heterocycles. The van der Waals surface area contributed by atoms with Gasteiger partial charge in [-0.1, -0.05) is 12.1 Å². The summed E-state index contributed by atoms with van der Waals surface area (Å²) in [5, 5.41) is 15.2. The Hall–Kier alpha value is -2.94. The highest BCUT2D eigenvalue weighted by atomic mass is 19.1. The predicted molar refractivity (Wildman–Crippen MR) is 98.6 cm³/mol. The predicted octanol–water partition coefficient (Wildman–Crippen LogP) is 3.96. The summed E-state index contributed by atoms with van der Waals surface area (Å²) < 4.78 is 27.7. The van der Waals surface area contributed by atoms with Crippen molar-refractivity contribution < 1.29 is 8.78 Å². The Morgan fingerprint density at radius 2 is 1.96 bits per heavy atom. The van der Waals surface area contributed by atoms with Gasteiger partial charge < -0.3 is 10.6 Å². The van der Waals surface area contributed by atoms with Crippen LogP contribution in [0, 0.1) is 29.9 Å². The summed E-state index contributed by atoms with van der Waals surface area (Å²) in [6.45, 7) is 6.25. The first-order chi connectivity index (χ1) is 12.4. The molecular formula is C20H22F2N4. The summed E-state index contributed by atoms with van der Waals surface area (Å²) in [6, 6.07) is 11.1. The summed E-state index contributed by atoms with van der Waals surface area (Å²) in [7, 11) is 0. The second-order valence-electron chi connectivity index (χ2n) is 5.99. The summed E-state index contributed by atoms with van der Waals surface area (Å²) >= 11 is 0. The maximum absolute atomic E-state index is 13.9. The third kappa shape index (κ3) is 5.03. The van der Waals surface area contributed by atoms with Crippen LogP contribution < -0.4 is 10.6 Å². The van der Waals surface area contributed by atoms with Crippen molar-refractivity contribution in [2.24, 2.45) is 4.99 Å². The number of aryl methyl sites for hydroxylation is 1. The molecule has 0 heterocycles. The highest BCUT2D eigenvalue weighted by Crippen LogP contribution is 2.16. The van der Waals surface area contributed by atoms with Gasteiger partial charge >= 0.3 is 0 Å².